The number of hydrogen-bond acceptors (Lipinski definition) is 5. The number of carbonyl (C=O) groups is 1. The van der Waals surface area contributed by atoms with Crippen molar-refractivity contribution in [1.29, 1.82) is 0 Å². The number of amides is 1. The van der Waals surface area contributed by atoms with Crippen molar-refractivity contribution in [2.75, 3.05) is 5.32 Å². The Labute approximate surface area is 184 Å². The molecule has 0 fully saturated rings. The number of thiazole rings is 1. The highest BCUT2D eigenvalue weighted by Crippen LogP contribution is 2.24. The Morgan fingerprint density at radius 2 is 1.67 bits per heavy atom. The average molecular weight is 432 g/mol. The van der Waals surface area contributed by atoms with E-state index in [9.17, 15) is 4.79 Å². The highest BCUT2D eigenvalue weighted by atomic mass is 32.2. The number of carbonyl (C=O) groups excluding carboxylic acids is 1. The van der Waals surface area contributed by atoms with Crippen LogP contribution in [0.15, 0.2) is 83.3 Å². The van der Waals surface area contributed by atoms with Crippen LogP contribution in [0.1, 0.15) is 32.2 Å². The second kappa shape index (κ2) is 9.69. The minimum Gasteiger partial charge on any atom is -0.322 e. The van der Waals surface area contributed by atoms with Crippen LogP contribution in [0.3, 0.4) is 0 Å². The predicted molar refractivity (Wildman–Crippen MR) is 124 cm³/mol. The smallest absolute Gasteiger partial charge is 0.255 e. The Hall–Kier alpha value is -2.96. The van der Waals surface area contributed by atoms with Gasteiger partial charge in [0.25, 0.3) is 5.91 Å². The minimum absolute atomic E-state index is 0.108. The van der Waals surface area contributed by atoms with Crippen molar-refractivity contribution in [3.63, 3.8) is 0 Å². The summed E-state index contributed by atoms with van der Waals surface area (Å²) >= 11 is 3.39. The number of rotatable bonds is 7. The molecule has 4 nitrogen and oxygen atoms in total. The molecule has 0 aliphatic heterocycles. The lowest BCUT2D eigenvalue weighted by Crippen LogP contribution is -2.11. The fraction of sp³-hybridized carbons (Fsp3) is 0.125. The van der Waals surface area contributed by atoms with Gasteiger partial charge in [0, 0.05) is 39.7 Å². The van der Waals surface area contributed by atoms with Gasteiger partial charge in [-0.3, -0.25) is 9.78 Å². The van der Waals surface area contributed by atoms with Crippen molar-refractivity contribution < 1.29 is 4.79 Å². The van der Waals surface area contributed by atoms with Crippen LogP contribution in [-0.2, 0) is 12.2 Å². The molecule has 0 radical (unpaired) electrons. The summed E-state index contributed by atoms with van der Waals surface area (Å²) in [5, 5.41) is 6.14. The second-order valence-electron chi connectivity index (χ2n) is 6.85. The molecule has 1 N–H and O–H groups in total. The van der Waals surface area contributed by atoms with Crippen LogP contribution in [0.5, 0.6) is 0 Å². The van der Waals surface area contributed by atoms with Crippen molar-refractivity contribution in [3.8, 4) is 0 Å². The van der Waals surface area contributed by atoms with Crippen LogP contribution in [0.4, 0.5) is 5.69 Å². The Balaban J connectivity index is 1.32. The van der Waals surface area contributed by atoms with Gasteiger partial charge in [-0.2, -0.15) is 0 Å². The van der Waals surface area contributed by atoms with E-state index in [1.807, 2.05) is 67.6 Å². The maximum absolute atomic E-state index is 12.5. The lowest BCUT2D eigenvalue weighted by Gasteiger charge is -2.08. The third-order valence-electron chi connectivity index (χ3n) is 4.54. The van der Waals surface area contributed by atoms with Crippen molar-refractivity contribution in [2.45, 2.75) is 24.0 Å². The molecule has 2 heterocycles. The number of nitrogens with one attached hydrogen (secondary N) is 1. The van der Waals surface area contributed by atoms with Gasteiger partial charge in [-0.1, -0.05) is 12.1 Å². The zero-order chi connectivity index (χ0) is 20.8. The van der Waals surface area contributed by atoms with Crippen LogP contribution in [0.2, 0.25) is 0 Å². The second-order valence-corrected chi connectivity index (χ2v) is 8.97. The molecule has 0 saturated carbocycles. The van der Waals surface area contributed by atoms with Gasteiger partial charge in [-0.05, 0) is 73.0 Å². The first-order chi connectivity index (χ1) is 14.7. The van der Waals surface area contributed by atoms with Gasteiger partial charge < -0.3 is 5.32 Å². The molecule has 0 spiro atoms. The first kappa shape index (κ1) is 20.3. The normalized spacial score (nSPS) is 10.7. The first-order valence-electron chi connectivity index (χ1n) is 9.59. The molecule has 0 saturated heterocycles. The largest absolute Gasteiger partial charge is 0.322 e. The third kappa shape index (κ3) is 5.55. The SMILES string of the molecule is Cc1nc(CSc2ccc(C(=O)Nc3ccc(Cc4ccncc4)cc3)cc2)cs1. The summed E-state index contributed by atoms with van der Waals surface area (Å²) in [6.07, 6.45) is 4.44. The fourth-order valence-electron chi connectivity index (χ4n) is 2.98. The topological polar surface area (TPSA) is 54.9 Å². The number of aromatic nitrogens is 2. The monoisotopic (exact) mass is 431 g/mol. The summed E-state index contributed by atoms with van der Waals surface area (Å²) in [6.45, 7) is 2.01. The first-order valence-corrected chi connectivity index (χ1v) is 11.5. The molecule has 0 aliphatic carbocycles. The molecule has 30 heavy (non-hydrogen) atoms. The summed E-state index contributed by atoms with van der Waals surface area (Å²) in [7, 11) is 0. The molecule has 2 aromatic heterocycles. The fourth-order valence-corrected chi connectivity index (χ4v) is 4.49. The summed E-state index contributed by atoms with van der Waals surface area (Å²) in [5.41, 5.74) is 4.93. The molecule has 6 heteroatoms. The van der Waals surface area contributed by atoms with E-state index in [4.69, 9.17) is 0 Å². The molecule has 150 valence electrons. The molecule has 1 amide bonds. The van der Waals surface area contributed by atoms with Crippen LogP contribution >= 0.6 is 23.1 Å². The molecule has 0 aliphatic rings. The number of thioether (sulfide) groups is 1. The Bertz CT molecular complexity index is 1110. The van der Waals surface area contributed by atoms with Crippen LogP contribution < -0.4 is 5.32 Å². The Kier molecular flexibility index (Phi) is 6.57. The van der Waals surface area contributed by atoms with Gasteiger partial charge in [0.05, 0.1) is 10.7 Å². The third-order valence-corrected chi connectivity index (χ3v) is 6.41. The van der Waals surface area contributed by atoms with Gasteiger partial charge in [0.1, 0.15) is 0 Å². The van der Waals surface area contributed by atoms with Gasteiger partial charge in [0.2, 0.25) is 0 Å². The van der Waals surface area contributed by atoms with E-state index in [1.165, 1.54) is 11.1 Å². The maximum Gasteiger partial charge on any atom is 0.255 e. The van der Waals surface area contributed by atoms with Gasteiger partial charge in [-0.25, -0.2) is 4.98 Å². The van der Waals surface area contributed by atoms with Gasteiger partial charge in [0.15, 0.2) is 0 Å². The van der Waals surface area contributed by atoms with Crippen molar-refractivity contribution >= 4 is 34.7 Å². The molecule has 0 atom stereocenters. The standard InChI is InChI=1S/C24H21N3OS2/c1-17-26-22(15-29-17)16-30-23-8-4-20(5-9-23)24(28)27-21-6-2-18(3-7-21)14-19-10-12-25-13-11-19/h2-13,15H,14,16H2,1H3,(H,27,28). The zero-order valence-corrected chi connectivity index (χ0v) is 18.2. The molecular formula is C24H21N3OS2. The summed E-state index contributed by atoms with van der Waals surface area (Å²) < 4.78 is 0. The number of anilines is 1. The number of nitrogens with zero attached hydrogens (tertiary/aromatic N) is 2. The predicted octanol–water partition coefficient (Wildman–Crippen LogP) is 5.98. The lowest BCUT2D eigenvalue weighted by atomic mass is 10.1. The van der Waals surface area contributed by atoms with E-state index >= 15 is 0 Å². The average Bonchev–Trinajstić information content (AvgIpc) is 3.20. The van der Waals surface area contributed by atoms with Gasteiger partial charge >= 0.3 is 0 Å². The quantitative estimate of drug-likeness (QED) is 0.366. The summed E-state index contributed by atoms with van der Waals surface area (Å²) in [6, 6.07) is 19.7. The minimum atomic E-state index is -0.108. The number of aryl methyl sites for hydroxylation is 1. The van der Waals surface area contributed by atoms with Crippen LogP contribution in [0, 0.1) is 6.92 Å². The lowest BCUT2D eigenvalue weighted by molar-refractivity contribution is 0.102. The van der Waals surface area contributed by atoms with Gasteiger partial charge in [-0.15, -0.1) is 23.1 Å². The zero-order valence-electron chi connectivity index (χ0n) is 16.5. The molecule has 2 aromatic carbocycles. The molecule has 0 unspecified atom stereocenters. The highest BCUT2D eigenvalue weighted by molar-refractivity contribution is 7.98. The van der Waals surface area contributed by atoms with Crippen molar-refractivity contribution in [3.05, 3.63) is 106 Å². The Morgan fingerprint density at radius 3 is 2.33 bits per heavy atom. The van der Waals surface area contributed by atoms with Crippen LogP contribution in [-0.4, -0.2) is 15.9 Å². The summed E-state index contributed by atoms with van der Waals surface area (Å²) in [4.78, 5) is 22.2. The number of benzene rings is 2. The Morgan fingerprint density at radius 1 is 0.967 bits per heavy atom. The van der Waals surface area contributed by atoms with E-state index in [2.05, 4.69) is 20.7 Å². The maximum atomic E-state index is 12.5. The highest BCUT2D eigenvalue weighted by Gasteiger charge is 2.07. The van der Waals surface area contributed by atoms with E-state index < -0.39 is 0 Å². The van der Waals surface area contributed by atoms with E-state index in [-0.39, 0.29) is 5.91 Å². The van der Waals surface area contributed by atoms with E-state index in [1.54, 1.807) is 35.5 Å². The molecule has 4 rings (SSSR count). The number of pyridine rings is 1. The van der Waals surface area contributed by atoms with E-state index in [0.717, 1.165) is 33.5 Å². The van der Waals surface area contributed by atoms with Crippen molar-refractivity contribution in [1.82, 2.24) is 9.97 Å². The molecule has 4 aromatic rings. The summed E-state index contributed by atoms with van der Waals surface area (Å²) in [5.74, 6) is 0.727. The number of hydrogen-bond donors (Lipinski definition) is 1. The molecule has 0 bridgehead atoms. The van der Waals surface area contributed by atoms with E-state index in [0.29, 0.717) is 5.56 Å². The van der Waals surface area contributed by atoms with Crippen LogP contribution in [0.25, 0.3) is 0 Å². The molecular weight excluding hydrogens is 410 g/mol. The van der Waals surface area contributed by atoms with Crippen molar-refractivity contribution in [2.24, 2.45) is 0 Å².